The van der Waals surface area contributed by atoms with Gasteiger partial charge in [-0.15, -0.1) is 0 Å². The minimum atomic E-state index is -0.415. The lowest BCUT2D eigenvalue weighted by Gasteiger charge is -2.48. The number of hydrogen-bond acceptors (Lipinski definition) is 6. The molecule has 166 valence electrons. The number of nitrogens with zero attached hydrogens (tertiary/aromatic N) is 2. The molecular formula is C23H30N4O3S. The van der Waals surface area contributed by atoms with Crippen molar-refractivity contribution in [3.63, 3.8) is 0 Å². The Labute approximate surface area is 187 Å². The van der Waals surface area contributed by atoms with Crippen LogP contribution in [-0.2, 0) is 4.79 Å². The molecule has 2 aromatic rings. The molecule has 0 bridgehead atoms. The second kappa shape index (κ2) is 10.3. The Morgan fingerprint density at radius 1 is 1.06 bits per heavy atom. The maximum atomic E-state index is 12.5. The normalized spacial score (nSPS) is 19.0. The van der Waals surface area contributed by atoms with E-state index in [0.29, 0.717) is 12.3 Å². The molecule has 0 atom stereocenters. The van der Waals surface area contributed by atoms with Crippen molar-refractivity contribution in [1.82, 2.24) is 20.7 Å². The van der Waals surface area contributed by atoms with Gasteiger partial charge in [-0.2, -0.15) is 11.8 Å². The van der Waals surface area contributed by atoms with E-state index < -0.39 is 5.91 Å². The van der Waals surface area contributed by atoms with Crippen LogP contribution in [0.2, 0.25) is 0 Å². The Balaban J connectivity index is 1.28. The van der Waals surface area contributed by atoms with E-state index in [2.05, 4.69) is 20.7 Å². The predicted molar refractivity (Wildman–Crippen MR) is 122 cm³/mol. The number of rotatable bonds is 7. The molecule has 31 heavy (non-hydrogen) atoms. The highest BCUT2D eigenvalue weighted by atomic mass is 32.2. The van der Waals surface area contributed by atoms with Crippen molar-refractivity contribution >= 4 is 23.6 Å². The van der Waals surface area contributed by atoms with Crippen molar-refractivity contribution < 1.29 is 14.1 Å². The molecule has 4 rings (SSSR count). The lowest BCUT2D eigenvalue weighted by Crippen LogP contribution is -2.59. The number of carbonyl (C=O) groups is 2. The van der Waals surface area contributed by atoms with Gasteiger partial charge in [0.25, 0.3) is 5.91 Å². The van der Waals surface area contributed by atoms with Crippen LogP contribution >= 0.6 is 11.8 Å². The van der Waals surface area contributed by atoms with Crippen LogP contribution in [0.5, 0.6) is 0 Å². The van der Waals surface area contributed by atoms with E-state index in [4.69, 9.17) is 4.52 Å². The standard InChI is InChI=1S/C23H30N4O3S/c28-21(25-17-23(9-5-2-6-10-23)27-11-13-31-14-12-27)16-24-22(29)19-15-20(30-26-19)18-7-3-1-4-8-18/h1,3-4,7-8,15H,2,5-6,9-14,16-17H2,(H,24,29)(H,25,28). The number of nitrogens with one attached hydrogen (secondary N) is 2. The van der Waals surface area contributed by atoms with Gasteiger partial charge in [0.05, 0.1) is 6.54 Å². The topological polar surface area (TPSA) is 87.5 Å². The average molecular weight is 443 g/mol. The van der Waals surface area contributed by atoms with Gasteiger partial charge in [0.1, 0.15) is 0 Å². The molecule has 1 saturated heterocycles. The lowest BCUT2D eigenvalue weighted by atomic mass is 9.80. The van der Waals surface area contributed by atoms with E-state index in [1.807, 2.05) is 42.1 Å². The average Bonchev–Trinajstić information content (AvgIpc) is 3.33. The van der Waals surface area contributed by atoms with Crippen LogP contribution in [0.4, 0.5) is 0 Å². The summed E-state index contributed by atoms with van der Waals surface area (Å²) in [4.78, 5) is 27.5. The lowest BCUT2D eigenvalue weighted by molar-refractivity contribution is -0.121. The number of benzene rings is 1. The first-order valence-electron chi connectivity index (χ1n) is 11.1. The van der Waals surface area contributed by atoms with Crippen LogP contribution in [0.3, 0.4) is 0 Å². The highest BCUT2D eigenvalue weighted by molar-refractivity contribution is 7.99. The van der Waals surface area contributed by atoms with Crippen molar-refractivity contribution in [2.24, 2.45) is 0 Å². The third-order valence-corrected chi connectivity index (χ3v) is 7.23. The fourth-order valence-electron chi connectivity index (χ4n) is 4.55. The molecule has 1 aliphatic carbocycles. The molecule has 1 saturated carbocycles. The summed E-state index contributed by atoms with van der Waals surface area (Å²) < 4.78 is 5.27. The summed E-state index contributed by atoms with van der Waals surface area (Å²) in [6.07, 6.45) is 5.96. The first kappa shape index (κ1) is 21.9. The minimum Gasteiger partial charge on any atom is -0.355 e. The summed E-state index contributed by atoms with van der Waals surface area (Å²) in [6.45, 7) is 2.76. The van der Waals surface area contributed by atoms with E-state index in [-0.39, 0.29) is 23.7 Å². The van der Waals surface area contributed by atoms with Gasteiger partial charge in [-0.3, -0.25) is 14.5 Å². The number of thioether (sulfide) groups is 1. The molecule has 7 nitrogen and oxygen atoms in total. The second-order valence-electron chi connectivity index (χ2n) is 8.29. The van der Waals surface area contributed by atoms with Crippen molar-refractivity contribution in [3.05, 3.63) is 42.1 Å². The molecule has 0 spiro atoms. The third-order valence-electron chi connectivity index (χ3n) is 6.29. The van der Waals surface area contributed by atoms with Crippen molar-refractivity contribution in [3.8, 4) is 11.3 Å². The zero-order valence-corrected chi connectivity index (χ0v) is 18.6. The number of hydrogen-bond donors (Lipinski definition) is 2. The van der Waals surface area contributed by atoms with E-state index in [1.165, 1.54) is 19.3 Å². The summed E-state index contributed by atoms with van der Waals surface area (Å²) in [6, 6.07) is 11.1. The largest absolute Gasteiger partial charge is 0.355 e. The number of aromatic nitrogens is 1. The Morgan fingerprint density at radius 3 is 2.55 bits per heavy atom. The van der Waals surface area contributed by atoms with Gasteiger partial charge in [-0.05, 0) is 12.8 Å². The highest BCUT2D eigenvalue weighted by Gasteiger charge is 2.38. The number of carbonyl (C=O) groups excluding carboxylic acids is 2. The fraction of sp³-hybridized carbons (Fsp3) is 0.522. The van der Waals surface area contributed by atoms with Gasteiger partial charge >= 0.3 is 0 Å². The quantitative estimate of drug-likeness (QED) is 0.686. The molecule has 2 N–H and O–H groups in total. The van der Waals surface area contributed by atoms with Gasteiger partial charge in [-0.25, -0.2) is 0 Å². The van der Waals surface area contributed by atoms with Crippen LogP contribution < -0.4 is 10.6 Å². The fourth-order valence-corrected chi connectivity index (χ4v) is 5.45. The third kappa shape index (κ3) is 5.49. The minimum absolute atomic E-state index is 0.0651. The maximum absolute atomic E-state index is 12.5. The van der Waals surface area contributed by atoms with Crippen LogP contribution in [0.25, 0.3) is 11.3 Å². The highest BCUT2D eigenvalue weighted by Crippen LogP contribution is 2.34. The summed E-state index contributed by atoms with van der Waals surface area (Å²) in [5, 5.41) is 9.57. The SMILES string of the molecule is O=C(CNC(=O)c1cc(-c2ccccc2)on1)NCC1(N2CCSCC2)CCCCC1. The van der Waals surface area contributed by atoms with E-state index in [0.717, 1.165) is 43.0 Å². The van der Waals surface area contributed by atoms with Crippen LogP contribution in [0.15, 0.2) is 40.9 Å². The Bertz CT molecular complexity index is 874. The number of amides is 2. The molecule has 2 aliphatic rings. The van der Waals surface area contributed by atoms with Gasteiger partial charge < -0.3 is 15.2 Å². The van der Waals surface area contributed by atoms with Gasteiger partial charge in [-0.1, -0.05) is 54.8 Å². The smallest absolute Gasteiger partial charge is 0.273 e. The van der Waals surface area contributed by atoms with Crippen molar-refractivity contribution in [1.29, 1.82) is 0 Å². The van der Waals surface area contributed by atoms with Gasteiger partial charge in [0, 0.05) is 48.3 Å². The molecule has 1 aliphatic heterocycles. The van der Waals surface area contributed by atoms with E-state index >= 15 is 0 Å². The molecule has 0 unspecified atom stereocenters. The maximum Gasteiger partial charge on any atom is 0.273 e. The Morgan fingerprint density at radius 2 is 1.81 bits per heavy atom. The summed E-state index contributed by atoms with van der Waals surface area (Å²) in [7, 11) is 0. The van der Waals surface area contributed by atoms with Gasteiger partial charge in [0.2, 0.25) is 5.91 Å². The Hall–Kier alpha value is -2.32. The zero-order chi connectivity index (χ0) is 21.5. The molecular weight excluding hydrogens is 412 g/mol. The van der Waals surface area contributed by atoms with Crippen LogP contribution in [0.1, 0.15) is 42.6 Å². The van der Waals surface area contributed by atoms with Crippen molar-refractivity contribution in [2.45, 2.75) is 37.6 Å². The predicted octanol–water partition coefficient (Wildman–Crippen LogP) is 2.94. The molecule has 2 amide bonds. The van der Waals surface area contributed by atoms with E-state index in [1.54, 1.807) is 6.07 Å². The molecule has 2 fully saturated rings. The summed E-state index contributed by atoms with van der Waals surface area (Å²) in [5.74, 6) is 2.26. The van der Waals surface area contributed by atoms with Crippen molar-refractivity contribution in [2.75, 3.05) is 37.7 Å². The molecule has 0 radical (unpaired) electrons. The molecule has 1 aromatic heterocycles. The molecule has 1 aromatic carbocycles. The summed E-state index contributed by atoms with van der Waals surface area (Å²) in [5.41, 5.74) is 1.08. The van der Waals surface area contributed by atoms with Gasteiger partial charge in [0.15, 0.2) is 11.5 Å². The van der Waals surface area contributed by atoms with Crippen LogP contribution in [0, 0.1) is 0 Å². The second-order valence-corrected chi connectivity index (χ2v) is 9.51. The zero-order valence-electron chi connectivity index (χ0n) is 17.8. The Kier molecular flexibility index (Phi) is 7.29. The first-order chi connectivity index (χ1) is 15.2. The molecule has 2 heterocycles. The summed E-state index contributed by atoms with van der Waals surface area (Å²) >= 11 is 2.01. The van der Waals surface area contributed by atoms with Crippen LogP contribution in [-0.4, -0.2) is 65.1 Å². The molecule has 8 heteroatoms. The monoisotopic (exact) mass is 442 g/mol. The van der Waals surface area contributed by atoms with E-state index in [9.17, 15) is 9.59 Å². The first-order valence-corrected chi connectivity index (χ1v) is 12.2.